The van der Waals surface area contributed by atoms with Gasteiger partial charge in [0.25, 0.3) is 0 Å². The molecule has 0 saturated carbocycles. The van der Waals surface area contributed by atoms with Crippen LogP contribution in [0.3, 0.4) is 0 Å². The zero-order valence-corrected chi connectivity index (χ0v) is 24.9. The van der Waals surface area contributed by atoms with Crippen molar-refractivity contribution >= 4 is 6.09 Å². The lowest BCUT2D eigenvalue weighted by Gasteiger charge is -2.38. The van der Waals surface area contributed by atoms with Gasteiger partial charge in [-0.1, -0.05) is 121 Å². The number of nitrogens with zero attached hydrogens (tertiary/aromatic N) is 2. The van der Waals surface area contributed by atoms with Gasteiger partial charge in [-0.25, -0.2) is 14.8 Å². The van der Waals surface area contributed by atoms with Gasteiger partial charge in [0.05, 0.1) is 6.10 Å². The Morgan fingerprint density at radius 2 is 1.14 bits per heavy atom. The summed E-state index contributed by atoms with van der Waals surface area (Å²) in [4.78, 5) is 14.1. The summed E-state index contributed by atoms with van der Waals surface area (Å²) in [6.45, 7) is 6.56. The first-order valence-electron chi connectivity index (χ1n) is 14.6. The maximum atomic E-state index is 14.1. The van der Waals surface area contributed by atoms with Crippen LogP contribution in [0.15, 0.2) is 133 Å². The number of aliphatic hydroxyl groups is 1. The predicted octanol–water partition coefficient (Wildman–Crippen LogP) is 7.96. The Hall–Kier alpha value is -4.19. The molecule has 0 fully saturated rings. The first-order valence-corrected chi connectivity index (χ1v) is 14.6. The number of carbonyl (C=O) groups excluding carboxylic acids is 1. The van der Waals surface area contributed by atoms with Gasteiger partial charge in [-0.2, -0.15) is 0 Å². The second-order valence-electron chi connectivity index (χ2n) is 11.5. The maximum Gasteiger partial charge on any atom is 0.429 e. The van der Waals surface area contributed by atoms with E-state index < -0.39 is 17.8 Å². The Morgan fingerprint density at radius 3 is 1.60 bits per heavy atom. The average molecular weight is 563 g/mol. The monoisotopic (exact) mass is 562 g/mol. The zero-order valence-electron chi connectivity index (χ0n) is 24.9. The molecule has 0 aromatic heterocycles. The number of amides is 1. The van der Waals surface area contributed by atoms with Gasteiger partial charge in [-0.15, -0.1) is 0 Å². The van der Waals surface area contributed by atoms with Crippen LogP contribution < -0.4 is 0 Å². The van der Waals surface area contributed by atoms with E-state index in [0.717, 1.165) is 28.7 Å². The van der Waals surface area contributed by atoms with Crippen LogP contribution in [0, 0.1) is 0 Å². The van der Waals surface area contributed by atoms with Crippen molar-refractivity contribution < 1.29 is 14.6 Å². The molecule has 1 unspecified atom stereocenters. The fourth-order valence-electron chi connectivity index (χ4n) is 4.78. The van der Waals surface area contributed by atoms with E-state index in [0.29, 0.717) is 31.6 Å². The van der Waals surface area contributed by atoms with E-state index in [-0.39, 0.29) is 0 Å². The van der Waals surface area contributed by atoms with Crippen LogP contribution in [-0.4, -0.2) is 32.9 Å². The number of hydrazine groups is 1. The molecule has 0 radical (unpaired) electrons. The average Bonchev–Trinajstić information content (AvgIpc) is 2.97. The Morgan fingerprint density at radius 1 is 0.714 bits per heavy atom. The van der Waals surface area contributed by atoms with Crippen molar-refractivity contribution in [2.24, 2.45) is 0 Å². The fraction of sp³-hybridized carbons (Fsp3) is 0.270. The van der Waals surface area contributed by atoms with Crippen LogP contribution in [-0.2, 0) is 30.7 Å². The van der Waals surface area contributed by atoms with Gasteiger partial charge in [0, 0.05) is 25.2 Å². The van der Waals surface area contributed by atoms with Crippen molar-refractivity contribution in [2.45, 2.75) is 64.8 Å². The van der Waals surface area contributed by atoms with Crippen molar-refractivity contribution in [3.8, 4) is 0 Å². The second kappa shape index (κ2) is 15.2. The number of carbonyl (C=O) groups is 1. The molecule has 4 aromatic rings. The molecular formula is C37H42N2O3. The maximum absolute atomic E-state index is 14.1. The molecule has 1 N–H and O–H groups in total. The number of rotatable bonds is 12. The highest BCUT2D eigenvalue weighted by Crippen LogP contribution is 2.25. The lowest BCUT2D eigenvalue weighted by atomic mass is 10.0. The minimum atomic E-state index is -0.760. The molecule has 4 aromatic carbocycles. The van der Waals surface area contributed by atoms with E-state index in [1.165, 1.54) is 0 Å². The number of hydrogen-bond acceptors (Lipinski definition) is 4. The molecule has 0 saturated heterocycles. The smallest absolute Gasteiger partial charge is 0.429 e. The van der Waals surface area contributed by atoms with Gasteiger partial charge in [0.15, 0.2) is 0 Å². The third-order valence-corrected chi connectivity index (χ3v) is 6.72. The van der Waals surface area contributed by atoms with Gasteiger partial charge in [0.2, 0.25) is 0 Å². The van der Waals surface area contributed by atoms with Crippen molar-refractivity contribution in [1.82, 2.24) is 10.0 Å². The van der Waals surface area contributed by atoms with Crippen LogP contribution in [0.1, 0.15) is 49.4 Å². The third-order valence-electron chi connectivity index (χ3n) is 6.72. The molecule has 0 aliphatic carbocycles. The first-order chi connectivity index (χ1) is 20.3. The van der Waals surface area contributed by atoms with E-state index in [1.807, 2.05) is 117 Å². The minimum Gasteiger partial charge on any atom is -0.442 e. The lowest BCUT2D eigenvalue weighted by molar-refractivity contribution is -0.0432. The summed E-state index contributed by atoms with van der Waals surface area (Å²) in [6, 6.07) is 40.4. The summed E-state index contributed by atoms with van der Waals surface area (Å²) in [5, 5.41) is 15.0. The van der Waals surface area contributed by atoms with Gasteiger partial charge in [-0.3, -0.25) is 0 Å². The van der Waals surface area contributed by atoms with Gasteiger partial charge < -0.3 is 9.84 Å². The molecule has 0 heterocycles. The van der Waals surface area contributed by atoms with E-state index in [4.69, 9.17) is 4.74 Å². The van der Waals surface area contributed by atoms with Crippen LogP contribution >= 0.6 is 0 Å². The van der Waals surface area contributed by atoms with Crippen molar-refractivity contribution in [1.29, 1.82) is 0 Å². The number of allylic oxidation sites excluding steroid dienone is 1. The highest BCUT2D eigenvalue weighted by atomic mass is 16.6. The van der Waals surface area contributed by atoms with Crippen molar-refractivity contribution in [3.05, 3.63) is 155 Å². The quantitative estimate of drug-likeness (QED) is 0.178. The normalized spacial score (nSPS) is 12.6. The Kier molecular flexibility index (Phi) is 11.1. The van der Waals surface area contributed by atoms with Gasteiger partial charge in [-0.05, 0) is 61.9 Å². The van der Waals surface area contributed by atoms with Crippen LogP contribution in [0.2, 0.25) is 0 Å². The zero-order chi connectivity index (χ0) is 29.8. The molecule has 4 rings (SSSR count). The molecule has 5 heteroatoms. The van der Waals surface area contributed by atoms with E-state index in [9.17, 15) is 9.90 Å². The standard InChI is InChI=1S/C37H42N2O3/c1-37(2,3)42-36(41)39(38(28-32-20-12-6-13-21-32)29-33-22-14-7-15-23-33)34(26-31-18-10-5-11-19-31)27-35(40)25-24-30-16-8-4-9-17-30/h4-23,27,35,40H,24-26,28-29H2,1-3H3. The molecular weight excluding hydrogens is 520 g/mol. The highest BCUT2D eigenvalue weighted by Gasteiger charge is 2.31. The van der Waals surface area contributed by atoms with Crippen molar-refractivity contribution in [2.75, 3.05) is 0 Å². The number of benzene rings is 4. The molecule has 0 aliphatic rings. The number of aryl methyl sites for hydroxylation is 1. The van der Waals surface area contributed by atoms with Crippen LogP contribution in [0.5, 0.6) is 0 Å². The summed E-state index contributed by atoms with van der Waals surface area (Å²) >= 11 is 0. The highest BCUT2D eigenvalue weighted by molar-refractivity contribution is 5.70. The van der Waals surface area contributed by atoms with Crippen molar-refractivity contribution in [3.63, 3.8) is 0 Å². The van der Waals surface area contributed by atoms with Gasteiger partial charge >= 0.3 is 6.09 Å². The molecule has 0 spiro atoms. The van der Waals surface area contributed by atoms with Gasteiger partial charge in [0.1, 0.15) is 5.60 Å². The Bertz CT molecular complexity index is 1340. The number of ether oxygens (including phenoxy) is 1. The molecule has 218 valence electrons. The van der Waals surface area contributed by atoms with E-state index in [1.54, 1.807) is 5.01 Å². The second-order valence-corrected chi connectivity index (χ2v) is 11.5. The molecule has 0 bridgehead atoms. The summed E-state index contributed by atoms with van der Waals surface area (Å²) in [6.07, 6.45) is 2.28. The van der Waals surface area contributed by atoms with Crippen LogP contribution in [0.25, 0.3) is 0 Å². The SMILES string of the molecule is CC(C)(C)OC(=O)N(C(=CC(O)CCc1ccccc1)Cc1ccccc1)N(Cc1ccccc1)Cc1ccccc1. The summed E-state index contributed by atoms with van der Waals surface area (Å²) < 4.78 is 6.01. The third kappa shape index (κ3) is 10.0. The summed E-state index contributed by atoms with van der Waals surface area (Å²) in [7, 11) is 0. The molecule has 42 heavy (non-hydrogen) atoms. The van der Waals surface area contributed by atoms with E-state index in [2.05, 4.69) is 36.4 Å². The first kappa shape index (κ1) is 30.8. The Labute approximate surface area is 250 Å². The minimum absolute atomic E-state index is 0.447. The molecule has 1 amide bonds. The number of hydrogen-bond donors (Lipinski definition) is 1. The largest absolute Gasteiger partial charge is 0.442 e. The molecule has 1 atom stereocenters. The topological polar surface area (TPSA) is 53.0 Å². The lowest BCUT2D eigenvalue weighted by Crippen LogP contribution is -2.48. The summed E-state index contributed by atoms with van der Waals surface area (Å²) in [5.41, 5.74) is 4.28. The number of aliphatic hydroxyl groups excluding tert-OH is 1. The van der Waals surface area contributed by atoms with Crippen LogP contribution in [0.4, 0.5) is 4.79 Å². The summed E-state index contributed by atoms with van der Waals surface area (Å²) in [5.74, 6) is 0. The fourth-order valence-corrected chi connectivity index (χ4v) is 4.78. The molecule has 0 aliphatic heterocycles. The molecule has 5 nitrogen and oxygen atoms in total. The van der Waals surface area contributed by atoms with E-state index >= 15 is 0 Å². The predicted molar refractivity (Wildman–Crippen MR) is 169 cm³/mol. The Balaban J connectivity index is 1.76.